The Labute approximate surface area is 146 Å². The Bertz CT molecular complexity index is 768. The van der Waals surface area contributed by atoms with Gasteiger partial charge in [-0.15, -0.1) is 11.3 Å². The smallest absolute Gasteiger partial charge is 0.141 e. The van der Waals surface area contributed by atoms with Crippen LogP contribution in [-0.2, 0) is 13.0 Å². The van der Waals surface area contributed by atoms with Crippen molar-refractivity contribution in [3.8, 4) is 0 Å². The molecule has 1 saturated heterocycles. The molecule has 1 aromatic heterocycles. The van der Waals surface area contributed by atoms with Gasteiger partial charge in [0.2, 0.25) is 0 Å². The van der Waals surface area contributed by atoms with Crippen molar-refractivity contribution >= 4 is 22.9 Å². The predicted molar refractivity (Wildman–Crippen MR) is 99.1 cm³/mol. The number of nitrogens with zero attached hydrogens (tertiary/aromatic N) is 2. The Morgan fingerprint density at radius 2 is 2.17 bits per heavy atom. The molecular weight excluding hydrogens is 318 g/mol. The quantitative estimate of drug-likeness (QED) is 0.902. The van der Waals surface area contributed by atoms with E-state index in [0.717, 1.165) is 36.5 Å². The maximum absolute atomic E-state index is 9.60. The first kappa shape index (κ1) is 15.8. The molecule has 1 aromatic carbocycles. The van der Waals surface area contributed by atoms with Gasteiger partial charge in [0, 0.05) is 19.0 Å². The number of rotatable bonds is 3. The van der Waals surface area contributed by atoms with E-state index < -0.39 is 0 Å². The third kappa shape index (κ3) is 2.99. The second-order valence-electron chi connectivity index (χ2n) is 6.71. The summed E-state index contributed by atoms with van der Waals surface area (Å²) in [6.45, 7) is 2.18. The monoisotopic (exact) mass is 341 g/mol. The third-order valence-electron chi connectivity index (χ3n) is 5.10. The summed E-state index contributed by atoms with van der Waals surface area (Å²) in [5, 5.41) is 11.7. The first-order chi connectivity index (χ1) is 11.7. The molecule has 0 aliphatic carbocycles. The van der Waals surface area contributed by atoms with E-state index in [9.17, 15) is 5.11 Å². The number of likely N-dealkylation sites (tertiary alicyclic amines) is 1. The van der Waals surface area contributed by atoms with E-state index in [-0.39, 0.29) is 12.6 Å². The molecule has 0 bridgehead atoms. The molecule has 1 atom stereocenters. The zero-order valence-electron chi connectivity index (χ0n) is 13.7. The van der Waals surface area contributed by atoms with E-state index in [1.165, 1.54) is 29.5 Å². The lowest BCUT2D eigenvalue weighted by Crippen LogP contribution is -2.41. The zero-order valence-corrected chi connectivity index (χ0v) is 14.6. The molecule has 2 aromatic rings. The number of amidine groups is 1. The van der Waals surface area contributed by atoms with Crippen molar-refractivity contribution in [2.24, 2.45) is 10.7 Å². The van der Waals surface area contributed by atoms with E-state index in [4.69, 9.17) is 5.73 Å². The molecule has 0 amide bonds. The minimum Gasteiger partial charge on any atom is -0.395 e. The Kier molecular flexibility index (Phi) is 4.39. The van der Waals surface area contributed by atoms with E-state index >= 15 is 0 Å². The van der Waals surface area contributed by atoms with Gasteiger partial charge >= 0.3 is 0 Å². The minimum absolute atomic E-state index is 0.246. The molecule has 0 saturated carbocycles. The summed E-state index contributed by atoms with van der Waals surface area (Å²) in [7, 11) is 0. The van der Waals surface area contributed by atoms with Crippen LogP contribution in [0.3, 0.4) is 0 Å². The van der Waals surface area contributed by atoms with Crippen molar-refractivity contribution in [2.45, 2.75) is 38.3 Å². The lowest BCUT2D eigenvalue weighted by molar-refractivity contribution is 0.0841. The number of thiophene rings is 1. The number of aliphatic imine (C=N–C) groups is 1. The van der Waals surface area contributed by atoms with Gasteiger partial charge in [0.15, 0.2) is 0 Å². The van der Waals surface area contributed by atoms with Crippen LogP contribution in [0.1, 0.15) is 40.8 Å². The number of hydrogen-bond donors (Lipinski definition) is 2. The molecule has 2 aliphatic heterocycles. The number of hydrogen-bond acceptors (Lipinski definition) is 5. The molecule has 2 aliphatic rings. The van der Waals surface area contributed by atoms with Gasteiger partial charge < -0.3 is 10.8 Å². The van der Waals surface area contributed by atoms with Crippen LogP contribution >= 0.6 is 11.3 Å². The lowest BCUT2D eigenvalue weighted by Gasteiger charge is -2.34. The van der Waals surface area contributed by atoms with Gasteiger partial charge in [0.05, 0.1) is 17.2 Å². The molecule has 1 unspecified atom stereocenters. The minimum atomic E-state index is 0.246. The molecular formula is C19H23N3OS. The molecule has 24 heavy (non-hydrogen) atoms. The maximum Gasteiger partial charge on any atom is 0.141 e. The van der Waals surface area contributed by atoms with Crippen LogP contribution in [0.2, 0.25) is 0 Å². The van der Waals surface area contributed by atoms with E-state index in [1.54, 1.807) is 11.3 Å². The van der Waals surface area contributed by atoms with Crippen molar-refractivity contribution in [1.82, 2.24) is 4.90 Å². The first-order valence-corrected chi connectivity index (χ1v) is 9.50. The second-order valence-corrected chi connectivity index (χ2v) is 7.63. The lowest BCUT2D eigenvalue weighted by atomic mass is 10.00. The fourth-order valence-electron chi connectivity index (χ4n) is 3.76. The average Bonchev–Trinajstić information content (AvgIpc) is 3.01. The summed E-state index contributed by atoms with van der Waals surface area (Å²) in [6.07, 6.45) is 4.41. The highest BCUT2D eigenvalue weighted by Gasteiger charge is 2.22. The van der Waals surface area contributed by atoms with Gasteiger partial charge in [-0.3, -0.25) is 4.90 Å². The van der Waals surface area contributed by atoms with Crippen molar-refractivity contribution in [2.75, 3.05) is 13.2 Å². The topological polar surface area (TPSA) is 61.8 Å². The fraction of sp³-hybridized carbons (Fsp3) is 0.421. The van der Waals surface area contributed by atoms with E-state index in [0.29, 0.717) is 5.84 Å². The van der Waals surface area contributed by atoms with Gasteiger partial charge in [0.1, 0.15) is 5.84 Å². The Hall–Kier alpha value is -1.69. The Morgan fingerprint density at radius 3 is 3.04 bits per heavy atom. The molecule has 3 N–H and O–H groups in total. The molecule has 0 radical (unpaired) electrons. The standard InChI is InChI=1S/C19H23N3OS/c20-19-18-15(6-8-24-18)10-14-5-4-13(9-17(14)21-19)11-22-7-2-1-3-16(22)12-23/h4-6,8-9,16,23H,1-3,7,10-12H2,(H2,20,21). The number of benzene rings is 1. The summed E-state index contributed by atoms with van der Waals surface area (Å²) in [5.74, 6) is 0.627. The average molecular weight is 341 g/mol. The Morgan fingerprint density at radius 1 is 1.25 bits per heavy atom. The summed E-state index contributed by atoms with van der Waals surface area (Å²) < 4.78 is 0. The van der Waals surface area contributed by atoms with Crippen molar-refractivity contribution in [3.05, 3.63) is 51.2 Å². The number of nitrogens with two attached hydrogens (primary N) is 1. The molecule has 4 nitrogen and oxygen atoms in total. The van der Waals surface area contributed by atoms with Crippen molar-refractivity contribution in [1.29, 1.82) is 0 Å². The molecule has 4 rings (SSSR count). The highest BCUT2D eigenvalue weighted by atomic mass is 32.1. The van der Waals surface area contributed by atoms with Gasteiger partial charge in [-0.05, 0) is 53.6 Å². The molecule has 3 heterocycles. The molecule has 1 fully saturated rings. The summed E-state index contributed by atoms with van der Waals surface area (Å²) in [6, 6.07) is 8.99. The van der Waals surface area contributed by atoms with Gasteiger partial charge in [-0.25, -0.2) is 4.99 Å². The SMILES string of the molecule is NC1=Nc2cc(CN3CCCCC3CO)ccc2Cc2ccsc21. The zero-order chi connectivity index (χ0) is 16.5. The van der Waals surface area contributed by atoms with Crippen molar-refractivity contribution < 1.29 is 5.11 Å². The molecule has 126 valence electrons. The van der Waals surface area contributed by atoms with Gasteiger partial charge in [0.25, 0.3) is 0 Å². The molecule has 0 spiro atoms. The molecule has 5 heteroatoms. The van der Waals surface area contributed by atoms with Crippen molar-refractivity contribution in [3.63, 3.8) is 0 Å². The number of fused-ring (bicyclic) bond motifs is 2. The van der Waals surface area contributed by atoms with Crippen LogP contribution in [0, 0.1) is 0 Å². The third-order valence-corrected chi connectivity index (χ3v) is 6.08. The van der Waals surface area contributed by atoms with Gasteiger partial charge in [-0.2, -0.15) is 0 Å². The number of piperidine rings is 1. The summed E-state index contributed by atoms with van der Waals surface area (Å²) in [5.41, 5.74) is 10.9. The summed E-state index contributed by atoms with van der Waals surface area (Å²) in [4.78, 5) is 8.18. The maximum atomic E-state index is 9.60. The second kappa shape index (κ2) is 6.67. The van der Waals surface area contributed by atoms with E-state index in [1.807, 2.05) is 0 Å². The van der Waals surface area contributed by atoms with Crippen LogP contribution in [0.25, 0.3) is 0 Å². The van der Waals surface area contributed by atoms with E-state index in [2.05, 4.69) is 39.5 Å². The van der Waals surface area contributed by atoms with Crippen LogP contribution < -0.4 is 5.73 Å². The van der Waals surface area contributed by atoms with Gasteiger partial charge in [-0.1, -0.05) is 18.6 Å². The van der Waals surface area contributed by atoms with Crippen LogP contribution in [-0.4, -0.2) is 35.0 Å². The largest absolute Gasteiger partial charge is 0.395 e. The Balaban J connectivity index is 1.60. The highest BCUT2D eigenvalue weighted by molar-refractivity contribution is 7.12. The number of aliphatic hydroxyl groups is 1. The fourth-order valence-corrected chi connectivity index (χ4v) is 4.58. The predicted octanol–water partition coefficient (Wildman–Crippen LogP) is 3.04. The highest BCUT2D eigenvalue weighted by Crippen LogP contribution is 2.31. The summed E-state index contributed by atoms with van der Waals surface area (Å²) >= 11 is 1.66. The first-order valence-electron chi connectivity index (χ1n) is 8.62. The van der Waals surface area contributed by atoms with Crippen LogP contribution in [0.4, 0.5) is 5.69 Å². The number of aliphatic hydroxyl groups excluding tert-OH is 1. The normalized spacial score (nSPS) is 20.9. The van der Waals surface area contributed by atoms with Crippen LogP contribution in [0.15, 0.2) is 34.6 Å². The van der Waals surface area contributed by atoms with Crippen LogP contribution in [0.5, 0.6) is 0 Å².